The molecule has 3 rings (SSSR count). The molecule has 1 aliphatic heterocycles. The molecule has 1 aromatic carbocycles. The summed E-state index contributed by atoms with van der Waals surface area (Å²) in [5, 5.41) is 6.40. The first kappa shape index (κ1) is 20.9. The topological polar surface area (TPSA) is 92.7 Å². The van der Waals surface area contributed by atoms with Crippen molar-refractivity contribution in [1.82, 2.24) is 20.1 Å². The van der Waals surface area contributed by atoms with Gasteiger partial charge in [0.1, 0.15) is 11.2 Å². The molecule has 1 aliphatic rings. The molecule has 2 aromatic rings. The van der Waals surface area contributed by atoms with Gasteiger partial charge in [0, 0.05) is 37.7 Å². The van der Waals surface area contributed by atoms with Crippen LogP contribution in [0.2, 0.25) is 0 Å². The lowest BCUT2D eigenvalue weighted by atomic mass is 9.95. The normalized spacial score (nSPS) is 18.6. The van der Waals surface area contributed by atoms with Crippen LogP contribution in [-0.4, -0.2) is 66.1 Å². The first-order chi connectivity index (χ1) is 13.9. The third-order valence-corrected chi connectivity index (χ3v) is 5.40. The van der Waals surface area contributed by atoms with Crippen LogP contribution in [0.5, 0.6) is 0 Å². The Kier molecular flexibility index (Phi) is 6.22. The van der Waals surface area contributed by atoms with Gasteiger partial charge in [0.25, 0.3) is 5.91 Å². The van der Waals surface area contributed by atoms with Gasteiger partial charge in [-0.05, 0) is 32.4 Å². The molecule has 156 valence electrons. The third kappa shape index (κ3) is 3.98. The number of carbonyl (C=O) groups excluding carboxylic acids is 3. The Morgan fingerprint density at radius 3 is 2.72 bits per heavy atom. The van der Waals surface area contributed by atoms with Gasteiger partial charge < -0.3 is 24.8 Å². The minimum absolute atomic E-state index is 0.133. The molecule has 3 amide bonds. The Labute approximate surface area is 170 Å². The number of fused-ring (bicyclic) bond motifs is 3. The van der Waals surface area contributed by atoms with Gasteiger partial charge in [-0.1, -0.05) is 18.2 Å². The van der Waals surface area contributed by atoms with Crippen molar-refractivity contribution >= 4 is 28.6 Å². The van der Waals surface area contributed by atoms with Gasteiger partial charge in [0.2, 0.25) is 11.8 Å². The molecule has 0 aliphatic carbocycles. The molecule has 1 aromatic heterocycles. The second kappa shape index (κ2) is 8.65. The van der Waals surface area contributed by atoms with E-state index in [1.165, 1.54) is 0 Å². The van der Waals surface area contributed by atoms with Gasteiger partial charge in [-0.3, -0.25) is 14.4 Å². The van der Waals surface area contributed by atoms with Crippen LogP contribution in [0.25, 0.3) is 10.9 Å². The highest BCUT2D eigenvalue weighted by atomic mass is 16.5. The monoisotopic (exact) mass is 400 g/mol. The second-order valence-electron chi connectivity index (χ2n) is 7.38. The van der Waals surface area contributed by atoms with Crippen molar-refractivity contribution in [2.24, 2.45) is 0 Å². The van der Waals surface area contributed by atoms with E-state index < -0.39 is 5.54 Å². The predicted molar refractivity (Wildman–Crippen MR) is 110 cm³/mol. The van der Waals surface area contributed by atoms with Crippen molar-refractivity contribution in [1.29, 1.82) is 0 Å². The van der Waals surface area contributed by atoms with Crippen LogP contribution in [0.1, 0.15) is 30.8 Å². The lowest BCUT2D eigenvalue weighted by Crippen LogP contribution is -2.64. The zero-order valence-electron chi connectivity index (χ0n) is 17.2. The van der Waals surface area contributed by atoms with E-state index in [0.717, 1.165) is 10.9 Å². The number of carbonyl (C=O) groups is 3. The van der Waals surface area contributed by atoms with Crippen molar-refractivity contribution in [3.05, 3.63) is 36.0 Å². The lowest BCUT2D eigenvalue weighted by molar-refractivity contribution is -0.134. The first-order valence-electron chi connectivity index (χ1n) is 9.86. The molecule has 0 spiro atoms. The molecule has 8 nitrogen and oxygen atoms in total. The summed E-state index contributed by atoms with van der Waals surface area (Å²) < 4.78 is 6.84. The average molecular weight is 400 g/mol. The molecule has 0 saturated carbocycles. The number of likely N-dealkylation sites (N-methyl/N-ethyl adjacent to an activating group) is 1. The number of para-hydroxylation sites is 1. The first-order valence-corrected chi connectivity index (χ1v) is 9.86. The number of nitrogens with one attached hydrogen (secondary N) is 2. The fraction of sp³-hybridized carbons (Fsp3) is 0.476. The van der Waals surface area contributed by atoms with Crippen LogP contribution in [0, 0.1) is 0 Å². The molecule has 2 heterocycles. The molecule has 0 unspecified atom stereocenters. The molecule has 2 N–H and O–H groups in total. The molecule has 0 saturated heterocycles. The Hall–Kier alpha value is -2.87. The van der Waals surface area contributed by atoms with Gasteiger partial charge in [0.05, 0.1) is 13.1 Å². The van der Waals surface area contributed by atoms with Crippen molar-refractivity contribution in [2.75, 3.05) is 33.4 Å². The average Bonchev–Trinajstić information content (AvgIpc) is 3.08. The van der Waals surface area contributed by atoms with Gasteiger partial charge in [-0.25, -0.2) is 0 Å². The number of hydrogen-bond acceptors (Lipinski definition) is 4. The largest absolute Gasteiger partial charge is 0.385 e. The number of amides is 3. The minimum Gasteiger partial charge on any atom is -0.385 e. The van der Waals surface area contributed by atoms with Crippen LogP contribution in [-0.2, 0) is 20.9 Å². The van der Waals surface area contributed by atoms with E-state index in [-0.39, 0.29) is 24.3 Å². The molecule has 1 atom stereocenters. The lowest BCUT2D eigenvalue weighted by Gasteiger charge is -2.43. The minimum atomic E-state index is -1.09. The standard InChI is InChI=1S/C21H28N4O4/c1-4-25-19(27)17-12-15-8-5-6-9-16(15)24(17)14-21(25,2)20(28)23-13-18(26)22-10-7-11-29-3/h5-6,8-9,12H,4,7,10-11,13-14H2,1-3H3,(H,22,26)(H,23,28)/t21-/m0/s1. The molecule has 0 radical (unpaired) electrons. The van der Waals surface area contributed by atoms with Gasteiger partial charge in [0.15, 0.2) is 0 Å². The summed E-state index contributed by atoms with van der Waals surface area (Å²) in [6, 6.07) is 9.60. The quantitative estimate of drug-likeness (QED) is 0.650. The Balaban J connectivity index is 1.76. The van der Waals surface area contributed by atoms with Gasteiger partial charge in [-0.15, -0.1) is 0 Å². The molecular formula is C21H28N4O4. The van der Waals surface area contributed by atoms with E-state index in [2.05, 4.69) is 10.6 Å². The van der Waals surface area contributed by atoms with Crippen molar-refractivity contribution in [3.63, 3.8) is 0 Å². The number of ether oxygens (including phenoxy) is 1. The van der Waals surface area contributed by atoms with Gasteiger partial charge >= 0.3 is 0 Å². The smallest absolute Gasteiger partial charge is 0.271 e. The summed E-state index contributed by atoms with van der Waals surface area (Å²) in [5.74, 6) is -0.796. The Morgan fingerprint density at radius 2 is 2.00 bits per heavy atom. The summed E-state index contributed by atoms with van der Waals surface area (Å²) in [5.41, 5.74) is 0.410. The van der Waals surface area contributed by atoms with E-state index in [4.69, 9.17) is 4.74 Å². The highest BCUT2D eigenvalue weighted by Gasteiger charge is 2.46. The van der Waals surface area contributed by atoms with Crippen LogP contribution >= 0.6 is 0 Å². The van der Waals surface area contributed by atoms with E-state index >= 15 is 0 Å². The van der Waals surface area contributed by atoms with Gasteiger partial charge in [-0.2, -0.15) is 0 Å². The van der Waals surface area contributed by atoms with Crippen molar-refractivity contribution < 1.29 is 19.1 Å². The zero-order valence-corrected chi connectivity index (χ0v) is 17.2. The maximum absolute atomic E-state index is 13.1. The number of methoxy groups -OCH3 is 1. The Morgan fingerprint density at radius 1 is 1.24 bits per heavy atom. The molecule has 0 bridgehead atoms. The molecule has 0 fully saturated rings. The third-order valence-electron chi connectivity index (χ3n) is 5.40. The summed E-state index contributed by atoms with van der Waals surface area (Å²) in [7, 11) is 1.60. The number of hydrogen-bond donors (Lipinski definition) is 2. The number of aromatic nitrogens is 1. The van der Waals surface area contributed by atoms with E-state index in [0.29, 0.717) is 38.4 Å². The molecular weight excluding hydrogens is 372 g/mol. The highest BCUT2D eigenvalue weighted by Crippen LogP contribution is 2.31. The van der Waals surface area contributed by atoms with Crippen LogP contribution in [0.15, 0.2) is 30.3 Å². The highest BCUT2D eigenvalue weighted by molar-refractivity contribution is 6.04. The van der Waals surface area contributed by atoms with Crippen LogP contribution < -0.4 is 10.6 Å². The summed E-state index contributed by atoms with van der Waals surface area (Å²) in [6.07, 6.45) is 0.704. The Bertz CT molecular complexity index is 923. The van der Waals surface area contributed by atoms with Crippen molar-refractivity contribution in [3.8, 4) is 0 Å². The number of benzene rings is 1. The fourth-order valence-electron chi connectivity index (χ4n) is 3.86. The van der Waals surface area contributed by atoms with E-state index in [1.807, 2.05) is 41.8 Å². The maximum Gasteiger partial charge on any atom is 0.271 e. The summed E-state index contributed by atoms with van der Waals surface area (Å²) in [4.78, 5) is 39.7. The molecule has 8 heteroatoms. The number of nitrogens with zero attached hydrogens (tertiary/aromatic N) is 2. The van der Waals surface area contributed by atoms with Crippen molar-refractivity contribution in [2.45, 2.75) is 32.4 Å². The van der Waals surface area contributed by atoms with E-state index in [9.17, 15) is 14.4 Å². The molecule has 29 heavy (non-hydrogen) atoms. The maximum atomic E-state index is 13.1. The van der Waals surface area contributed by atoms with E-state index in [1.54, 1.807) is 18.9 Å². The zero-order chi connectivity index (χ0) is 21.0. The summed E-state index contributed by atoms with van der Waals surface area (Å²) >= 11 is 0. The number of rotatable bonds is 8. The summed E-state index contributed by atoms with van der Waals surface area (Å²) in [6.45, 7) is 5.24. The second-order valence-corrected chi connectivity index (χ2v) is 7.38. The van der Waals surface area contributed by atoms with Crippen LogP contribution in [0.4, 0.5) is 0 Å². The predicted octanol–water partition coefficient (Wildman–Crippen LogP) is 1.14. The SMILES string of the molecule is CCN1C(=O)c2cc3ccccc3n2C[C@@]1(C)C(=O)NCC(=O)NCCCOC. The van der Waals surface area contributed by atoms with Crippen LogP contribution in [0.3, 0.4) is 0 Å². The fourth-order valence-corrected chi connectivity index (χ4v) is 3.86.